The summed E-state index contributed by atoms with van der Waals surface area (Å²) in [5.41, 5.74) is 1.25. The van der Waals surface area contributed by atoms with Crippen LogP contribution in [0.2, 0.25) is 0 Å². The quantitative estimate of drug-likeness (QED) is 0.589. The molecule has 0 unspecified atom stereocenters. The predicted molar refractivity (Wildman–Crippen MR) is 53.8 cm³/mol. The molecule has 0 saturated carbocycles. The van der Waals surface area contributed by atoms with E-state index in [2.05, 4.69) is 43.1 Å². The molecule has 0 bridgehead atoms. The number of hydrogen-bond acceptors (Lipinski definition) is 2. The van der Waals surface area contributed by atoms with Crippen LogP contribution in [0.15, 0.2) is 28.5 Å². The summed E-state index contributed by atoms with van der Waals surface area (Å²) >= 11 is 6.13. The first-order valence-corrected chi connectivity index (χ1v) is 4.77. The van der Waals surface area contributed by atoms with Crippen LogP contribution in [0.4, 0.5) is 0 Å². The molecule has 0 spiro atoms. The van der Waals surface area contributed by atoms with Crippen LogP contribution in [0.25, 0.3) is 10.1 Å². The van der Waals surface area contributed by atoms with Crippen LogP contribution in [0.5, 0.6) is 0 Å². The van der Waals surface area contributed by atoms with Gasteiger partial charge in [0, 0.05) is 9.60 Å². The molecule has 0 atom stereocenters. The highest BCUT2D eigenvalue weighted by molar-refractivity contribution is 7.80. The molecule has 0 aliphatic heterocycles. The zero-order valence-corrected chi connectivity index (χ0v) is 7.88. The average molecular weight is 180 g/mol. The zero-order chi connectivity index (χ0) is 7.84. The minimum Gasteiger partial charge on any atom is -0.144 e. The van der Waals surface area contributed by atoms with Crippen molar-refractivity contribution in [2.75, 3.05) is 0 Å². The van der Waals surface area contributed by atoms with Crippen LogP contribution in [-0.4, -0.2) is 0 Å². The highest BCUT2D eigenvalue weighted by Crippen LogP contribution is 2.25. The van der Waals surface area contributed by atoms with E-state index < -0.39 is 0 Å². The van der Waals surface area contributed by atoms with Crippen molar-refractivity contribution in [2.24, 2.45) is 0 Å². The summed E-state index contributed by atoms with van der Waals surface area (Å²) in [5.74, 6) is 0. The Balaban J connectivity index is 2.86. The van der Waals surface area contributed by atoms with E-state index in [1.54, 1.807) is 11.3 Å². The van der Waals surface area contributed by atoms with Crippen molar-refractivity contribution < 1.29 is 0 Å². The van der Waals surface area contributed by atoms with Crippen molar-refractivity contribution >= 4 is 34.1 Å². The number of aryl methyl sites for hydroxylation is 1. The second-order valence-electron chi connectivity index (χ2n) is 2.60. The molecule has 1 aromatic heterocycles. The standard InChI is InChI=1S/C9H8S2/c1-6-4-9-7(2-3-11-9)5-8(6)10/h2-5,10H,1H3. The third kappa shape index (κ3) is 1.17. The van der Waals surface area contributed by atoms with E-state index in [-0.39, 0.29) is 0 Å². The van der Waals surface area contributed by atoms with Gasteiger partial charge in [0.25, 0.3) is 0 Å². The third-order valence-corrected chi connectivity index (χ3v) is 3.13. The van der Waals surface area contributed by atoms with Gasteiger partial charge in [-0.2, -0.15) is 0 Å². The molecule has 0 aliphatic carbocycles. The van der Waals surface area contributed by atoms with E-state index in [4.69, 9.17) is 0 Å². The number of benzene rings is 1. The molecule has 1 heterocycles. The zero-order valence-electron chi connectivity index (χ0n) is 6.16. The summed E-state index contributed by atoms with van der Waals surface area (Å²) in [6.07, 6.45) is 0. The number of thiol groups is 1. The first-order chi connectivity index (χ1) is 5.27. The van der Waals surface area contributed by atoms with Crippen molar-refractivity contribution in [1.82, 2.24) is 0 Å². The van der Waals surface area contributed by atoms with E-state index in [9.17, 15) is 0 Å². The molecule has 1 aromatic carbocycles. The van der Waals surface area contributed by atoms with E-state index in [0.717, 1.165) is 4.90 Å². The molecule has 2 heteroatoms. The van der Waals surface area contributed by atoms with Gasteiger partial charge in [-0.15, -0.1) is 24.0 Å². The van der Waals surface area contributed by atoms with Crippen molar-refractivity contribution in [3.05, 3.63) is 29.1 Å². The molecular formula is C9H8S2. The summed E-state index contributed by atoms with van der Waals surface area (Å²) in [6.45, 7) is 2.08. The fraction of sp³-hybridized carbons (Fsp3) is 0.111. The third-order valence-electron chi connectivity index (χ3n) is 1.77. The Bertz CT molecular complexity index is 351. The number of thiophene rings is 1. The maximum Gasteiger partial charge on any atom is 0.0346 e. The Kier molecular flexibility index (Phi) is 1.66. The first-order valence-electron chi connectivity index (χ1n) is 3.44. The number of rotatable bonds is 0. The second kappa shape index (κ2) is 2.54. The SMILES string of the molecule is Cc1cc2sccc2cc1S. The summed E-state index contributed by atoms with van der Waals surface area (Å²) < 4.78 is 1.35. The molecule has 0 N–H and O–H groups in total. The first kappa shape index (κ1) is 7.19. The van der Waals surface area contributed by atoms with Gasteiger partial charge in [-0.25, -0.2) is 0 Å². The van der Waals surface area contributed by atoms with E-state index >= 15 is 0 Å². The Morgan fingerprint density at radius 1 is 1.36 bits per heavy atom. The van der Waals surface area contributed by atoms with E-state index in [1.807, 2.05) is 0 Å². The highest BCUT2D eigenvalue weighted by atomic mass is 32.1. The summed E-state index contributed by atoms with van der Waals surface area (Å²) in [6, 6.07) is 6.42. The molecule has 0 radical (unpaired) electrons. The molecule has 11 heavy (non-hydrogen) atoms. The van der Waals surface area contributed by atoms with Crippen molar-refractivity contribution in [3.8, 4) is 0 Å². The molecular weight excluding hydrogens is 172 g/mol. The molecule has 0 saturated heterocycles. The predicted octanol–water partition coefficient (Wildman–Crippen LogP) is 3.50. The lowest BCUT2D eigenvalue weighted by molar-refractivity contribution is 1.35. The summed E-state index contributed by atoms with van der Waals surface area (Å²) in [5, 5.41) is 3.41. The van der Waals surface area contributed by atoms with Crippen LogP contribution in [0, 0.1) is 6.92 Å². The Labute approximate surface area is 75.3 Å². The maximum absolute atomic E-state index is 4.35. The smallest absolute Gasteiger partial charge is 0.0346 e. The minimum atomic E-state index is 1.08. The molecule has 0 fully saturated rings. The monoisotopic (exact) mass is 180 g/mol. The Hall–Kier alpha value is -0.470. The van der Waals surface area contributed by atoms with Crippen LogP contribution in [0.1, 0.15) is 5.56 Å². The molecule has 0 amide bonds. The van der Waals surface area contributed by atoms with Crippen molar-refractivity contribution in [2.45, 2.75) is 11.8 Å². The maximum atomic E-state index is 4.35. The molecule has 2 rings (SSSR count). The Morgan fingerprint density at radius 2 is 2.18 bits per heavy atom. The lowest BCUT2D eigenvalue weighted by atomic mass is 10.2. The normalized spacial score (nSPS) is 10.7. The van der Waals surface area contributed by atoms with Crippen LogP contribution >= 0.6 is 24.0 Å². The van der Waals surface area contributed by atoms with Gasteiger partial charge in [0.2, 0.25) is 0 Å². The molecule has 0 aliphatic rings. The fourth-order valence-electron chi connectivity index (χ4n) is 1.10. The van der Waals surface area contributed by atoms with Gasteiger partial charge in [-0.1, -0.05) is 0 Å². The van der Waals surface area contributed by atoms with Gasteiger partial charge < -0.3 is 0 Å². The van der Waals surface area contributed by atoms with Gasteiger partial charge in [-0.3, -0.25) is 0 Å². The van der Waals surface area contributed by atoms with Gasteiger partial charge in [0.05, 0.1) is 0 Å². The number of fused-ring (bicyclic) bond motifs is 1. The Morgan fingerprint density at radius 3 is 3.00 bits per heavy atom. The van der Waals surface area contributed by atoms with Crippen molar-refractivity contribution in [1.29, 1.82) is 0 Å². The molecule has 0 nitrogen and oxygen atoms in total. The van der Waals surface area contributed by atoms with Gasteiger partial charge in [0.1, 0.15) is 0 Å². The average Bonchev–Trinajstić information content (AvgIpc) is 2.36. The number of hydrogen-bond donors (Lipinski definition) is 1. The van der Waals surface area contributed by atoms with E-state index in [0.29, 0.717) is 0 Å². The minimum absolute atomic E-state index is 1.08. The second-order valence-corrected chi connectivity index (χ2v) is 4.03. The van der Waals surface area contributed by atoms with Gasteiger partial charge in [0.15, 0.2) is 0 Å². The van der Waals surface area contributed by atoms with Gasteiger partial charge in [-0.05, 0) is 41.5 Å². The van der Waals surface area contributed by atoms with Gasteiger partial charge >= 0.3 is 0 Å². The highest BCUT2D eigenvalue weighted by Gasteiger charge is 1.97. The molecule has 56 valence electrons. The fourth-order valence-corrected chi connectivity index (χ4v) is 2.17. The van der Waals surface area contributed by atoms with E-state index in [1.165, 1.54) is 15.6 Å². The van der Waals surface area contributed by atoms with Crippen LogP contribution in [0.3, 0.4) is 0 Å². The summed E-state index contributed by atoms with van der Waals surface area (Å²) in [7, 11) is 0. The van der Waals surface area contributed by atoms with Crippen LogP contribution < -0.4 is 0 Å². The lowest BCUT2D eigenvalue weighted by Gasteiger charge is -1.97. The molecule has 2 aromatic rings. The topological polar surface area (TPSA) is 0 Å². The largest absolute Gasteiger partial charge is 0.144 e. The van der Waals surface area contributed by atoms with Crippen LogP contribution in [-0.2, 0) is 0 Å². The lowest BCUT2D eigenvalue weighted by Crippen LogP contribution is -1.73. The summed E-state index contributed by atoms with van der Waals surface area (Å²) in [4.78, 5) is 1.08. The van der Waals surface area contributed by atoms with Crippen molar-refractivity contribution in [3.63, 3.8) is 0 Å².